The van der Waals surface area contributed by atoms with Crippen LogP contribution in [0.3, 0.4) is 0 Å². The lowest BCUT2D eigenvalue weighted by Gasteiger charge is -2.24. The molecule has 4 rings (SSSR count). The number of carbonyl (C=O) groups is 2. The van der Waals surface area contributed by atoms with Crippen LogP contribution in [-0.4, -0.2) is 38.9 Å². The second-order valence-corrected chi connectivity index (χ2v) is 7.76. The lowest BCUT2D eigenvalue weighted by Crippen LogP contribution is -2.35. The van der Waals surface area contributed by atoms with Crippen LogP contribution < -0.4 is 0 Å². The van der Waals surface area contributed by atoms with Crippen LogP contribution in [0.5, 0.6) is 0 Å². The van der Waals surface area contributed by atoms with Crippen LogP contribution >= 0.6 is 0 Å². The number of fused-ring (bicyclic) bond motifs is 5. The molecular weight excluding hydrogens is 368 g/mol. The Morgan fingerprint density at radius 3 is 2.83 bits per heavy atom. The van der Waals surface area contributed by atoms with Gasteiger partial charge in [0, 0.05) is 23.7 Å². The second kappa shape index (κ2) is 8.07. The molecule has 3 unspecified atom stereocenters. The Balaban J connectivity index is 1.77. The topological polar surface area (TPSA) is 90.2 Å². The molecule has 0 radical (unpaired) electrons. The molecule has 0 aromatic carbocycles. The molecule has 150 valence electrons. The fourth-order valence-corrected chi connectivity index (χ4v) is 4.74. The summed E-state index contributed by atoms with van der Waals surface area (Å²) in [6.07, 6.45) is 20.1. The maximum atomic E-state index is 12.1. The first-order chi connectivity index (χ1) is 14.0. The van der Waals surface area contributed by atoms with Crippen LogP contribution in [0.15, 0.2) is 76.6 Å². The lowest BCUT2D eigenvalue weighted by molar-refractivity contribution is -0.129. The smallest absolute Gasteiger partial charge is 0.411 e. The zero-order chi connectivity index (χ0) is 20.4. The predicted molar refractivity (Wildman–Crippen MR) is 110 cm³/mol. The van der Waals surface area contributed by atoms with E-state index in [0.29, 0.717) is 12.8 Å². The molecule has 2 aliphatic carbocycles. The van der Waals surface area contributed by atoms with Crippen molar-refractivity contribution in [1.82, 2.24) is 4.90 Å². The summed E-state index contributed by atoms with van der Waals surface area (Å²) in [6.45, 7) is 0. The Kier molecular flexibility index (Phi) is 5.34. The minimum Gasteiger partial charge on any atom is -0.477 e. The normalized spacial score (nSPS) is 30.8. The fourth-order valence-electron chi connectivity index (χ4n) is 4.74. The summed E-state index contributed by atoms with van der Waals surface area (Å²) in [4.78, 5) is 29.4. The van der Waals surface area contributed by atoms with Gasteiger partial charge in [0.05, 0.1) is 6.04 Å². The summed E-state index contributed by atoms with van der Waals surface area (Å²) >= 11 is 0. The number of rotatable bonds is 1. The molecule has 2 N–H and O–H groups in total. The number of carboxylic acid groups (broad SMARTS) is 2. The molecule has 6 heteroatoms. The van der Waals surface area contributed by atoms with Crippen LogP contribution in [0.4, 0.5) is 4.79 Å². The van der Waals surface area contributed by atoms with Crippen molar-refractivity contribution in [1.29, 1.82) is 0 Å². The Hall–Kier alpha value is -3.15. The molecule has 0 spiro atoms. The van der Waals surface area contributed by atoms with Gasteiger partial charge < -0.3 is 10.2 Å². The van der Waals surface area contributed by atoms with E-state index >= 15 is 0 Å². The van der Waals surface area contributed by atoms with Gasteiger partial charge in [-0.05, 0) is 49.3 Å². The number of hydrogen-bond donors (Lipinski definition) is 2. The van der Waals surface area contributed by atoms with Crippen LogP contribution in [0, 0.1) is 11.8 Å². The molecule has 6 nitrogen and oxygen atoms in total. The highest BCUT2D eigenvalue weighted by Crippen LogP contribution is 2.46. The summed E-state index contributed by atoms with van der Waals surface area (Å²) in [7, 11) is 0. The molecular formula is C23H24N2O4. The highest BCUT2D eigenvalue weighted by Gasteiger charge is 2.46. The molecule has 1 fully saturated rings. The van der Waals surface area contributed by atoms with Gasteiger partial charge in [-0.2, -0.15) is 0 Å². The van der Waals surface area contributed by atoms with Crippen molar-refractivity contribution < 1.29 is 19.8 Å². The minimum atomic E-state index is -1.08. The van der Waals surface area contributed by atoms with E-state index in [-0.39, 0.29) is 23.6 Å². The van der Waals surface area contributed by atoms with E-state index in [9.17, 15) is 19.8 Å². The van der Waals surface area contributed by atoms with E-state index in [4.69, 9.17) is 0 Å². The van der Waals surface area contributed by atoms with Crippen LogP contribution in [-0.2, 0) is 4.79 Å². The molecule has 2 aliphatic heterocycles. The van der Waals surface area contributed by atoms with Gasteiger partial charge in [-0.15, -0.1) is 0 Å². The molecule has 3 atom stereocenters. The van der Waals surface area contributed by atoms with E-state index in [2.05, 4.69) is 4.99 Å². The number of carboxylic acids is 1. The van der Waals surface area contributed by atoms with Crippen molar-refractivity contribution in [2.75, 3.05) is 0 Å². The van der Waals surface area contributed by atoms with Gasteiger partial charge in [0.2, 0.25) is 0 Å². The molecule has 1 amide bonds. The molecule has 4 aliphatic rings. The van der Waals surface area contributed by atoms with E-state index in [1.165, 1.54) is 4.90 Å². The molecule has 29 heavy (non-hydrogen) atoms. The average Bonchev–Trinajstić information content (AvgIpc) is 3.01. The molecule has 2 heterocycles. The molecule has 0 saturated carbocycles. The van der Waals surface area contributed by atoms with Crippen molar-refractivity contribution in [3.8, 4) is 0 Å². The monoisotopic (exact) mass is 392 g/mol. The van der Waals surface area contributed by atoms with Crippen molar-refractivity contribution >= 4 is 17.8 Å². The first kappa shape index (κ1) is 19.2. The SMILES string of the molecule is O=C(O)C1=N/C=C/C2C3CCCC=C3N(C(=O)O)C2C/C=C/C2=CC=CC(=C1)C2. The lowest BCUT2D eigenvalue weighted by atomic mass is 9.82. The highest BCUT2D eigenvalue weighted by atomic mass is 16.4. The average molecular weight is 392 g/mol. The number of allylic oxidation sites excluding steroid dienone is 8. The van der Waals surface area contributed by atoms with E-state index < -0.39 is 12.1 Å². The summed E-state index contributed by atoms with van der Waals surface area (Å²) in [5, 5.41) is 19.4. The van der Waals surface area contributed by atoms with Gasteiger partial charge in [-0.3, -0.25) is 4.90 Å². The number of aliphatic carboxylic acids is 1. The van der Waals surface area contributed by atoms with Gasteiger partial charge in [-0.1, -0.05) is 42.5 Å². The molecule has 2 bridgehead atoms. The quantitative estimate of drug-likeness (QED) is 0.689. The first-order valence-corrected chi connectivity index (χ1v) is 9.99. The number of nitrogens with zero attached hydrogens (tertiary/aromatic N) is 2. The maximum absolute atomic E-state index is 12.1. The zero-order valence-corrected chi connectivity index (χ0v) is 16.1. The van der Waals surface area contributed by atoms with Gasteiger partial charge in [0.25, 0.3) is 0 Å². The van der Waals surface area contributed by atoms with Gasteiger partial charge in [0.15, 0.2) is 0 Å². The third-order valence-electron chi connectivity index (χ3n) is 5.98. The van der Waals surface area contributed by atoms with E-state index in [1.54, 1.807) is 12.3 Å². The molecule has 1 saturated heterocycles. The maximum Gasteiger partial charge on any atom is 0.411 e. The Morgan fingerprint density at radius 1 is 1.17 bits per heavy atom. The summed E-state index contributed by atoms with van der Waals surface area (Å²) < 4.78 is 0. The van der Waals surface area contributed by atoms with Crippen molar-refractivity contribution in [2.24, 2.45) is 16.8 Å². The van der Waals surface area contributed by atoms with Crippen molar-refractivity contribution in [2.45, 2.75) is 38.1 Å². The molecule has 0 aromatic heterocycles. The largest absolute Gasteiger partial charge is 0.477 e. The van der Waals surface area contributed by atoms with Gasteiger partial charge in [-0.25, -0.2) is 14.6 Å². The Bertz CT molecular complexity index is 933. The predicted octanol–water partition coefficient (Wildman–Crippen LogP) is 4.46. The van der Waals surface area contributed by atoms with Gasteiger partial charge >= 0.3 is 12.1 Å². The standard InChI is InChI=1S/C23H24N2O4/c26-22(27)19-14-16-7-3-5-15(13-16)6-4-10-21-18(11-12-24-19)17-8-1-2-9-20(17)25(21)23(28)29/h3-7,9,11-12,14,17-18,21H,1-2,8,10,13H2,(H,26,27)(H,28,29)/b6-4+,12-11+,16-14?,24-19?. The van der Waals surface area contributed by atoms with Gasteiger partial charge in [0.1, 0.15) is 5.71 Å². The molecule has 0 aromatic rings. The van der Waals surface area contributed by atoms with Crippen molar-refractivity contribution in [3.05, 3.63) is 71.7 Å². The number of aliphatic imine (C=N–C) groups is 1. The zero-order valence-electron chi connectivity index (χ0n) is 16.1. The minimum absolute atomic E-state index is 0.0191. The Morgan fingerprint density at radius 2 is 2.03 bits per heavy atom. The van der Waals surface area contributed by atoms with Crippen LogP contribution in [0.25, 0.3) is 0 Å². The van der Waals surface area contributed by atoms with Crippen LogP contribution in [0.1, 0.15) is 32.1 Å². The third kappa shape index (κ3) is 3.88. The first-order valence-electron chi connectivity index (χ1n) is 9.99. The Labute approximate surface area is 169 Å². The summed E-state index contributed by atoms with van der Waals surface area (Å²) in [5.41, 5.74) is 2.80. The summed E-state index contributed by atoms with van der Waals surface area (Å²) in [5.74, 6) is -0.979. The number of amides is 1. The number of hydrogen-bond acceptors (Lipinski definition) is 3. The highest BCUT2D eigenvalue weighted by molar-refractivity contribution is 6.40. The van der Waals surface area contributed by atoms with Crippen LogP contribution in [0.2, 0.25) is 0 Å². The third-order valence-corrected chi connectivity index (χ3v) is 5.98. The summed E-state index contributed by atoms with van der Waals surface area (Å²) in [6, 6.07) is -0.217. The fraction of sp³-hybridized carbons (Fsp3) is 0.348. The van der Waals surface area contributed by atoms with E-state index in [1.807, 2.05) is 42.5 Å². The second-order valence-electron chi connectivity index (χ2n) is 7.76. The number of likely N-dealkylation sites (tertiary alicyclic amines) is 1. The van der Waals surface area contributed by atoms with Crippen molar-refractivity contribution in [3.63, 3.8) is 0 Å². The van der Waals surface area contributed by atoms with E-state index in [0.717, 1.165) is 36.1 Å².